The molecule has 1 heterocycles. The molecule has 48 heavy (non-hydrogen) atoms. The average Bonchev–Trinajstić information content (AvgIpc) is 3.06. The molecule has 3 fully saturated rings. The SMILES string of the molecule is CCCN(C(=O)CC1CCCCC1)C1CCN(Cc2ccc(Oc3ccc(N(C(=O)CC4CCCCC4)S(C)(=O)=O)cc3)cc2)CC1.Cl. The average molecular weight is 702 g/mol. The summed E-state index contributed by atoms with van der Waals surface area (Å²) in [6.45, 7) is 5.88. The molecule has 2 aliphatic carbocycles. The molecular weight excluding hydrogens is 646 g/mol. The third-order valence-corrected chi connectivity index (χ3v) is 11.4. The molecule has 5 rings (SSSR count). The Morgan fingerprint density at radius 1 is 0.750 bits per heavy atom. The molecule has 1 aliphatic heterocycles. The number of ether oxygens (including phenoxy) is 1. The number of halogens is 1. The van der Waals surface area contributed by atoms with Gasteiger partial charge in [0.15, 0.2) is 0 Å². The van der Waals surface area contributed by atoms with E-state index in [9.17, 15) is 18.0 Å². The molecule has 2 aromatic rings. The van der Waals surface area contributed by atoms with Gasteiger partial charge >= 0.3 is 0 Å². The van der Waals surface area contributed by atoms with E-state index in [1.54, 1.807) is 24.3 Å². The van der Waals surface area contributed by atoms with Crippen molar-refractivity contribution in [1.29, 1.82) is 0 Å². The van der Waals surface area contributed by atoms with Crippen LogP contribution in [0.1, 0.15) is 109 Å². The van der Waals surface area contributed by atoms with Gasteiger partial charge in [0, 0.05) is 45.1 Å². The molecule has 0 atom stereocenters. The highest BCUT2D eigenvalue weighted by Gasteiger charge is 2.30. The molecule has 0 aromatic heterocycles. The molecule has 0 bridgehead atoms. The van der Waals surface area contributed by atoms with Crippen molar-refractivity contribution in [2.24, 2.45) is 11.8 Å². The van der Waals surface area contributed by atoms with E-state index in [1.165, 1.54) is 44.1 Å². The summed E-state index contributed by atoms with van der Waals surface area (Å²) in [6, 6.07) is 15.1. The normalized spacial score (nSPS) is 18.5. The van der Waals surface area contributed by atoms with Gasteiger partial charge in [0.25, 0.3) is 0 Å². The number of anilines is 1. The molecular formula is C38H56ClN3O5S. The van der Waals surface area contributed by atoms with Crippen LogP contribution in [0.2, 0.25) is 0 Å². The van der Waals surface area contributed by atoms with E-state index >= 15 is 0 Å². The maximum Gasteiger partial charge on any atom is 0.241 e. The summed E-state index contributed by atoms with van der Waals surface area (Å²) >= 11 is 0. The number of hydrogen-bond acceptors (Lipinski definition) is 6. The molecule has 2 saturated carbocycles. The largest absolute Gasteiger partial charge is 0.457 e. The standard InChI is InChI=1S/C38H55N3O5S.ClH/c1-3-24-40(37(42)27-30-10-6-4-7-11-30)33-22-25-39(26-23-33)29-32-14-18-35(19-15-32)46-36-20-16-34(17-21-36)41(47(2,44)45)38(43)28-31-12-8-5-9-13-31;/h14-21,30-31,33H,3-13,22-29H2,1-2H3;1H. The fourth-order valence-corrected chi connectivity index (χ4v) is 8.79. The molecule has 0 spiro atoms. The van der Waals surface area contributed by atoms with Crippen LogP contribution in [0.5, 0.6) is 11.5 Å². The van der Waals surface area contributed by atoms with Gasteiger partial charge in [0.2, 0.25) is 21.8 Å². The quantitative estimate of drug-likeness (QED) is 0.209. The van der Waals surface area contributed by atoms with Gasteiger partial charge in [0.05, 0.1) is 11.9 Å². The Morgan fingerprint density at radius 3 is 1.75 bits per heavy atom. The van der Waals surface area contributed by atoms with Crippen LogP contribution in [-0.4, -0.2) is 62.0 Å². The highest BCUT2D eigenvalue weighted by atomic mass is 35.5. The Bertz CT molecular complexity index is 1400. The molecule has 2 aromatic carbocycles. The van der Waals surface area contributed by atoms with Crippen LogP contribution in [0.25, 0.3) is 0 Å². The van der Waals surface area contributed by atoms with Gasteiger partial charge in [-0.3, -0.25) is 14.5 Å². The van der Waals surface area contributed by atoms with E-state index in [-0.39, 0.29) is 30.7 Å². The molecule has 2 amide bonds. The topological polar surface area (TPSA) is 87.2 Å². The highest BCUT2D eigenvalue weighted by molar-refractivity contribution is 7.92. The number of likely N-dealkylation sites (tertiary alicyclic amines) is 1. The zero-order valence-corrected chi connectivity index (χ0v) is 30.6. The second-order valence-electron chi connectivity index (χ2n) is 14.2. The minimum absolute atomic E-state index is 0. The van der Waals surface area contributed by atoms with Gasteiger partial charge in [-0.1, -0.05) is 57.6 Å². The summed E-state index contributed by atoms with van der Waals surface area (Å²) in [7, 11) is -3.76. The zero-order valence-electron chi connectivity index (χ0n) is 29.0. The number of benzene rings is 2. The smallest absolute Gasteiger partial charge is 0.241 e. The lowest BCUT2D eigenvalue weighted by Gasteiger charge is -2.39. The van der Waals surface area contributed by atoms with Gasteiger partial charge in [-0.15, -0.1) is 12.4 Å². The number of carbonyl (C=O) groups excluding carboxylic acids is 2. The van der Waals surface area contributed by atoms with E-state index in [4.69, 9.17) is 4.74 Å². The first-order chi connectivity index (χ1) is 22.7. The molecule has 8 nitrogen and oxygen atoms in total. The second-order valence-corrected chi connectivity index (χ2v) is 16.0. The van der Waals surface area contributed by atoms with Crippen LogP contribution in [0.15, 0.2) is 48.5 Å². The van der Waals surface area contributed by atoms with Crippen LogP contribution in [0.4, 0.5) is 5.69 Å². The number of rotatable bonds is 13. The van der Waals surface area contributed by atoms with Crippen molar-refractivity contribution in [3.05, 3.63) is 54.1 Å². The number of nitrogens with zero attached hydrogens (tertiary/aromatic N) is 3. The molecule has 0 radical (unpaired) electrons. The summed E-state index contributed by atoms with van der Waals surface area (Å²) in [6.07, 6.45) is 16.8. The molecule has 1 saturated heterocycles. The number of sulfonamides is 1. The Kier molecular flexibility index (Phi) is 14.6. The third-order valence-electron chi connectivity index (χ3n) is 10.4. The molecule has 0 unspecified atom stereocenters. The van der Waals surface area contributed by atoms with E-state index in [0.29, 0.717) is 35.1 Å². The minimum Gasteiger partial charge on any atom is -0.457 e. The lowest BCUT2D eigenvalue weighted by Crippen LogP contribution is -2.47. The van der Waals surface area contributed by atoms with Crippen molar-refractivity contribution in [3.8, 4) is 11.5 Å². The van der Waals surface area contributed by atoms with Gasteiger partial charge < -0.3 is 9.64 Å². The van der Waals surface area contributed by atoms with Crippen molar-refractivity contribution in [1.82, 2.24) is 9.80 Å². The first-order valence-electron chi connectivity index (χ1n) is 18.1. The van der Waals surface area contributed by atoms with Crippen molar-refractivity contribution < 1.29 is 22.7 Å². The van der Waals surface area contributed by atoms with Gasteiger partial charge in [0.1, 0.15) is 11.5 Å². The highest BCUT2D eigenvalue weighted by Crippen LogP contribution is 2.31. The Balaban J connectivity index is 0.00000520. The van der Waals surface area contributed by atoms with E-state index in [2.05, 4.69) is 28.9 Å². The maximum absolute atomic E-state index is 13.3. The molecule has 266 valence electrons. The van der Waals surface area contributed by atoms with Crippen molar-refractivity contribution in [3.63, 3.8) is 0 Å². The third kappa shape index (κ3) is 10.9. The van der Waals surface area contributed by atoms with E-state index < -0.39 is 10.0 Å². The summed E-state index contributed by atoms with van der Waals surface area (Å²) in [4.78, 5) is 31.0. The minimum atomic E-state index is -3.76. The fourth-order valence-electron chi connectivity index (χ4n) is 7.84. The van der Waals surface area contributed by atoms with Crippen LogP contribution < -0.4 is 9.04 Å². The predicted molar refractivity (Wildman–Crippen MR) is 195 cm³/mol. The number of piperidine rings is 1. The Hall–Kier alpha value is -2.62. The summed E-state index contributed by atoms with van der Waals surface area (Å²) < 4.78 is 32.2. The van der Waals surface area contributed by atoms with Crippen molar-refractivity contribution in [2.45, 2.75) is 116 Å². The summed E-state index contributed by atoms with van der Waals surface area (Å²) in [5, 5.41) is 0. The maximum atomic E-state index is 13.3. The molecule has 0 N–H and O–H groups in total. The fraction of sp³-hybridized carbons (Fsp3) is 0.632. The van der Waals surface area contributed by atoms with Crippen molar-refractivity contribution >= 4 is 39.9 Å². The lowest BCUT2D eigenvalue weighted by molar-refractivity contribution is -0.136. The second kappa shape index (κ2) is 18.4. The number of carbonyl (C=O) groups is 2. The summed E-state index contributed by atoms with van der Waals surface area (Å²) in [5.74, 6) is 2.11. The van der Waals surface area contributed by atoms with Crippen molar-refractivity contribution in [2.75, 3.05) is 30.2 Å². The van der Waals surface area contributed by atoms with Gasteiger partial charge in [-0.05, 0) is 98.7 Å². The van der Waals surface area contributed by atoms with Crippen LogP contribution in [-0.2, 0) is 26.2 Å². The monoisotopic (exact) mass is 701 g/mol. The first kappa shape index (κ1) is 38.2. The van der Waals surface area contributed by atoms with E-state index in [1.807, 2.05) is 12.1 Å². The zero-order chi connectivity index (χ0) is 33.2. The van der Waals surface area contributed by atoms with Crippen LogP contribution in [0.3, 0.4) is 0 Å². The first-order valence-corrected chi connectivity index (χ1v) is 20.0. The predicted octanol–water partition coefficient (Wildman–Crippen LogP) is 8.34. The molecule has 10 heteroatoms. The van der Waals surface area contributed by atoms with Gasteiger partial charge in [-0.2, -0.15) is 0 Å². The number of amides is 2. The number of hydrogen-bond donors (Lipinski definition) is 0. The Morgan fingerprint density at radius 2 is 1.25 bits per heavy atom. The van der Waals surface area contributed by atoms with Gasteiger partial charge in [-0.25, -0.2) is 12.7 Å². The Labute approximate surface area is 295 Å². The van der Waals surface area contributed by atoms with Crippen LogP contribution >= 0.6 is 12.4 Å². The molecule has 3 aliphatic rings. The lowest BCUT2D eigenvalue weighted by atomic mass is 9.86. The van der Waals surface area contributed by atoms with Crippen LogP contribution in [0, 0.1) is 11.8 Å². The van der Waals surface area contributed by atoms with E-state index in [0.717, 1.165) is 88.1 Å². The summed E-state index contributed by atoms with van der Waals surface area (Å²) in [5.41, 5.74) is 1.55.